The molecule has 0 aliphatic carbocycles. The van der Waals surface area contributed by atoms with Gasteiger partial charge in [-0.3, -0.25) is 0 Å². The van der Waals surface area contributed by atoms with Crippen LogP contribution in [0.2, 0.25) is 0 Å². The van der Waals surface area contributed by atoms with Crippen molar-refractivity contribution >= 4 is 37.7 Å². The second-order valence-corrected chi connectivity index (χ2v) is 0. The Morgan fingerprint density at radius 2 is 0.625 bits per heavy atom. The van der Waals surface area contributed by atoms with Gasteiger partial charge in [-0.25, -0.2) is 0 Å². The van der Waals surface area contributed by atoms with Crippen LogP contribution in [-0.4, -0.2) is 59.6 Å². The van der Waals surface area contributed by atoms with Gasteiger partial charge in [-0.05, 0) is 0 Å². The maximum Gasteiger partial charge on any atom is 1.00 e. The fraction of sp³-hybridized carbons (Fsp3) is 0. The summed E-state index contributed by atoms with van der Waals surface area (Å²) in [5, 5.41) is 0. The van der Waals surface area contributed by atoms with Crippen LogP contribution in [-0.2, 0) is 21.1 Å². The monoisotopic (exact) mass is 256 g/mol. The molecule has 0 atom stereocenters. The van der Waals surface area contributed by atoms with E-state index in [0.29, 0.717) is 0 Å². The van der Waals surface area contributed by atoms with Gasteiger partial charge in [-0.15, -0.1) is 0 Å². The van der Waals surface area contributed by atoms with Gasteiger partial charge < -0.3 is 21.9 Å². The summed E-state index contributed by atoms with van der Waals surface area (Å²) in [6.45, 7) is 0. The molecule has 0 spiro atoms. The third-order valence-corrected chi connectivity index (χ3v) is 0. The molecule has 0 aromatic heterocycles. The standard InChI is InChI=1S/Ca.Mo.2Na.4H2O.2H/h;;;;4*1H2;;/q;;2*+1;;;;;;/p-2. The zero-order valence-corrected chi connectivity index (χ0v) is 10.3. The van der Waals surface area contributed by atoms with Crippen LogP contribution in [0, 0.1) is 0 Å². The Morgan fingerprint density at radius 1 is 0.625 bits per heavy atom. The van der Waals surface area contributed by atoms with Crippen LogP contribution in [0.4, 0.5) is 0 Å². The molecule has 0 saturated carbocycles. The first-order chi connectivity index (χ1) is 0. The molecule has 0 radical (unpaired) electrons. The minimum absolute atomic E-state index is 0. The second-order valence-electron chi connectivity index (χ2n) is 0. The fourth-order valence-corrected chi connectivity index (χ4v) is 0. The average molecular weight is 254 g/mol. The molecule has 0 aromatic rings. The molecule has 4 nitrogen and oxygen atoms in total. The van der Waals surface area contributed by atoms with Crippen LogP contribution in [0.1, 0.15) is 0 Å². The molecule has 6 N–H and O–H groups in total. The van der Waals surface area contributed by atoms with Crippen molar-refractivity contribution in [3.63, 3.8) is 0 Å². The SMILES string of the molecule is O.O.[CaH2].[Mo].[Na+].[Na+].[OH-].[OH-]. The summed E-state index contributed by atoms with van der Waals surface area (Å²) >= 11 is 0. The van der Waals surface area contributed by atoms with E-state index in [1.807, 2.05) is 0 Å². The zero-order valence-electron chi connectivity index (χ0n) is 4.30. The first-order valence-electron chi connectivity index (χ1n) is 0. The van der Waals surface area contributed by atoms with Crippen molar-refractivity contribution in [3.8, 4) is 0 Å². The van der Waals surface area contributed by atoms with Crippen molar-refractivity contribution in [2.75, 3.05) is 0 Å². The largest absolute Gasteiger partial charge is 1.00 e. The van der Waals surface area contributed by atoms with Gasteiger partial charge >= 0.3 is 96.9 Å². The van der Waals surface area contributed by atoms with E-state index in [2.05, 4.69) is 0 Å². The van der Waals surface area contributed by atoms with Crippen molar-refractivity contribution in [2.24, 2.45) is 0 Å². The van der Waals surface area contributed by atoms with Gasteiger partial charge in [0.25, 0.3) is 0 Å². The summed E-state index contributed by atoms with van der Waals surface area (Å²) in [4.78, 5) is 0. The van der Waals surface area contributed by atoms with Gasteiger partial charge in [-0.2, -0.15) is 0 Å². The van der Waals surface area contributed by atoms with E-state index in [-0.39, 0.29) is 140 Å². The van der Waals surface area contributed by atoms with Crippen molar-refractivity contribution in [3.05, 3.63) is 0 Å². The third kappa shape index (κ3) is 52.7. The summed E-state index contributed by atoms with van der Waals surface area (Å²) in [5.74, 6) is 0. The van der Waals surface area contributed by atoms with Crippen molar-refractivity contribution < 1.29 is 102 Å². The van der Waals surface area contributed by atoms with Crippen LogP contribution >= 0.6 is 0 Å². The number of hydrogen-bond donors (Lipinski definition) is 0. The minimum atomic E-state index is 0. The summed E-state index contributed by atoms with van der Waals surface area (Å²) in [6, 6.07) is 0. The van der Waals surface area contributed by atoms with Gasteiger partial charge in [0.1, 0.15) is 0 Å². The molecule has 8 heteroatoms. The molecule has 0 aliphatic heterocycles. The topological polar surface area (TPSA) is 123 Å². The fourth-order valence-electron chi connectivity index (χ4n) is 0. The Bertz CT molecular complexity index is 14.0. The molecule has 0 amide bonds. The minimum Gasteiger partial charge on any atom is -0.870 e. The Balaban J connectivity index is 0. The molecule has 0 heterocycles. The van der Waals surface area contributed by atoms with Crippen LogP contribution in [0.25, 0.3) is 0 Å². The third-order valence-electron chi connectivity index (χ3n) is 0. The summed E-state index contributed by atoms with van der Waals surface area (Å²) in [6.07, 6.45) is 0. The van der Waals surface area contributed by atoms with E-state index in [9.17, 15) is 0 Å². The maximum atomic E-state index is 0. The number of hydrogen-bond acceptors (Lipinski definition) is 2. The van der Waals surface area contributed by atoms with Crippen molar-refractivity contribution in [2.45, 2.75) is 0 Å². The van der Waals surface area contributed by atoms with Gasteiger partial charge in [0, 0.05) is 21.1 Å². The van der Waals surface area contributed by atoms with Crippen molar-refractivity contribution in [1.29, 1.82) is 0 Å². The number of rotatable bonds is 0. The van der Waals surface area contributed by atoms with Gasteiger partial charge in [0.05, 0.1) is 0 Å². The molecule has 8 heavy (non-hydrogen) atoms. The zero-order chi connectivity index (χ0) is 0. The molecule has 0 fully saturated rings. The van der Waals surface area contributed by atoms with E-state index >= 15 is 0 Å². The van der Waals surface area contributed by atoms with Crippen LogP contribution in [0.15, 0.2) is 0 Å². The predicted octanol–water partition coefficient (Wildman–Crippen LogP) is -8.91. The van der Waals surface area contributed by atoms with Crippen LogP contribution < -0.4 is 59.1 Å². The normalized spacial score (nSPS) is 0. The first-order valence-corrected chi connectivity index (χ1v) is 0. The first kappa shape index (κ1) is 95.6. The van der Waals surface area contributed by atoms with E-state index in [4.69, 9.17) is 0 Å². The molecule has 0 rings (SSSR count). The van der Waals surface area contributed by atoms with Gasteiger partial charge in [-0.1, -0.05) is 0 Å². The molecule has 0 saturated heterocycles. The Morgan fingerprint density at radius 3 is 0.625 bits per heavy atom. The smallest absolute Gasteiger partial charge is 0.870 e. The molecule has 0 aliphatic rings. The summed E-state index contributed by atoms with van der Waals surface area (Å²) < 4.78 is 0. The molecular formula is H8CaMoNa2O4. The van der Waals surface area contributed by atoms with E-state index < -0.39 is 0 Å². The Labute approximate surface area is 137 Å². The summed E-state index contributed by atoms with van der Waals surface area (Å²) in [5.41, 5.74) is 0. The van der Waals surface area contributed by atoms with Crippen LogP contribution in [0.3, 0.4) is 0 Å². The Hall–Kier alpha value is 3.79. The van der Waals surface area contributed by atoms with E-state index in [1.54, 1.807) is 0 Å². The van der Waals surface area contributed by atoms with Gasteiger partial charge in [0.2, 0.25) is 0 Å². The molecule has 0 unspecified atom stereocenters. The average Bonchev–Trinajstić information content (AvgIpc) is 0. The second kappa shape index (κ2) is 72.0. The molecule has 42 valence electrons. The predicted molar refractivity (Wildman–Crippen MR) is 19.6 cm³/mol. The maximum absolute atomic E-state index is 0. The van der Waals surface area contributed by atoms with Crippen molar-refractivity contribution in [1.82, 2.24) is 0 Å². The molecular weight excluding hydrogens is 246 g/mol. The van der Waals surface area contributed by atoms with Crippen LogP contribution in [0.5, 0.6) is 0 Å². The molecule has 0 bridgehead atoms. The van der Waals surface area contributed by atoms with E-state index in [0.717, 1.165) is 0 Å². The van der Waals surface area contributed by atoms with Gasteiger partial charge in [0.15, 0.2) is 0 Å². The summed E-state index contributed by atoms with van der Waals surface area (Å²) in [7, 11) is 0. The molecule has 0 aromatic carbocycles. The quantitative estimate of drug-likeness (QED) is 0.398. The Kier molecular flexibility index (Phi) is 861. The van der Waals surface area contributed by atoms with E-state index in [1.165, 1.54) is 0 Å².